The van der Waals surface area contributed by atoms with E-state index in [2.05, 4.69) is 20.9 Å². The molecular weight excluding hydrogens is 246 g/mol. The van der Waals surface area contributed by atoms with Gasteiger partial charge in [0.1, 0.15) is 11.4 Å². The molecule has 1 aromatic heterocycles. The third kappa shape index (κ3) is 2.07. The van der Waals surface area contributed by atoms with Crippen molar-refractivity contribution in [3.05, 3.63) is 21.9 Å². The Morgan fingerprint density at radius 1 is 1.50 bits per heavy atom. The largest absolute Gasteiger partial charge is 0.495 e. The van der Waals surface area contributed by atoms with Crippen molar-refractivity contribution in [1.29, 1.82) is 0 Å². The summed E-state index contributed by atoms with van der Waals surface area (Å²) < 4.78 is 6.01. The molecule has 0 aliphatic heterocycles. The number of rotatable bonds is 2. The van der Waals surface area contributed by atoms with Crippen LogP contribution < -0.4 is 4.74 Å². The molecule has 0 bridgehead atoms. The van der Waals surface area contributed by atoms with E-state index in [0.29, 0.717) is 5.69 Å². The molecule has 0 saturated heterocycles. The molecule has 1 heterocycles. The predicted octanol–water partition coefficient (Wildman–Crippen LogP) is 2.39. The van der Waals surface area contributed by atoms with Crippen molar-refractivity contribution in [2.45, 2.75) is 26.4 Å². The van der Waals surface area contributed by atoms with E-state index in [0.717, 1.165) is 15.8 Å². The molecule has 1 N–H and O–H groups in total. The van der Waals surface area contributed by atoms with Gasteiger partial charge in [-0.05, 0) is 36.7 Å². The molecule has 4 heteroatoms. The van der Waals surface area contributed by atoms with E-state index in [4.69, 9.17) is 4.74 Å². The van der Waals surface area contributed by atoms with E-state index in [-0.39, 0.29) is 0 Å². The SMILES string of the molecule is COc1c(Br)cnc(C(C)(C)O)c1C. The number of methoxy groups -OCH3 is 1. The Balaban J connectivity index is 3.36. The lowest BCUT2D eigenvalue weighted by Crippen LogP contribution is -2.19. The second kappa shape index (κ2) is 3.87. The van der Waals surface area contributed by atoms with E-state index in [1.54, 1.807) is 27.2 Å². The number of halogens is 1. The Bertz CT molecular complexity index is 345. The van der Waals surface area contributed by atoms with Crippen molar-refractivity contribution in [3.63, 3.8) is 0 Å². The fourth-order valence-corrected chi connectivity index (χ4v) is 1.99. The van der Waals surface area contributed by atoms with Crippen LogP contribution >= 0.6 is 15.9 Å². The first kappa shape index (κ1) is 11.5. The number of pyridine rings is 1. The van der Waals surface area contributed by atoms with Crippen LogP contribution in [0.25, 0.3) is 0 Å². The summed E-state index contributed by atoms with van der Waals surface area (Å²) in [6.45, 7) is 5.29. The molecule has 0 saturated carbocycles. The van der Waals surface area contributed by atoms with Gasteiger partial charge in [-0.2, -0.15) is 0 Å². The first-order valence-corrected chi connectivity index (χ1v) is 5.09. The minimum Gasteiger partial charge on any atom is -0.495 e. The van der Waals surface area contributed by atoms with E-state index in [1.165, 1.54) is 0 Å². The van der Waals surface area contributed by atoms with Crippen LogP contribution in [0.3, 0.4) is 0 Å². The summed E-state index contributed by atoms with van der Waals surface area (Å²) in [5, 5.41) is 9.85. The molecule has 1 aromatic rings. The van der Waals surface area contributed by atoms with Gasteiger partial charge < -0.3 is 9.84 Å². The molecule has 0 amide bonds. The van der Waals surface area contributed by atoms with Gasteiger partial charge in [0.05, 0.1) is 17.3 Å². The highest BCUT2D eigenvalue weighted by Gasteiger charge is 2.23. The van der Waals surface area contributed by atoms with Gasteiger partial charge in [0, 0.05) is 11.8 Å². The van der Waals surface area contributed by atoms with Crippen molar-refractivity contribution >= 4 is 15.9 Å². The number of aliphatic hydroxyl groups is 1. The summed E-state index contributed by atoms with van der Waals surface area (Å²) in [6.07, 6.45) is 1.64. The molecular formula is C10H14BrNO2. The zero-order valence-electron chi connectivity index (χ0n) is 8.76. The fourth-order valence-electron chi connectivity index (χ4n) is 1.43. The summed E-state index contributed by atoms with van der Waals surface area (Å²) in [6, 6.07) is 0. The van der Waals surface area contributed by atoms with Crippen LogP contribution in [0.4, 0.5) is 0 Å². The van der Waals surface area contributed by atoms with E-state index < -0.39 is 5.60 Å². The topological polar surface area (TPSA) is 42.4 Å². The number of hydrogen-bond acceptors (Lipinski definition) is 3. The Hall–Kier alpha value is -0.610. The first-order chi connectivity index (χ1) is 6.38. The van der Waals surface area contributed by atoms with Crippen LogP contribution in [0.2, 0.25) is 0 Å². The molecule has 1 rings (SSSR count). The third-order valence-electron chi connectivity index (χ3n) is 2.00. The molecule has 0 aromatic carbocycles. The highest BCUT2D eigenvalue weighted by molar-refractivity contribution is 9.10. The molecule has 0 unspecified atom stereocenters. The molecule has 0 spiro atoms. The minimum absolute atomic E-state index is 0.637. The molecule has 0 fully saturated rings. The standard InChI is InChI=1S/C10H14BrNO2/c1-6-8(14-4)7(11)5-12-9(6)10(2,3)13/h5,13H,1-4H3. The van der Waals surface area contributed by atoms with Gasteiger partial charge in [-0.25, -0.2) is 0 Å². The summed E-state index contributed by atoms with van der Waals surface area (Å²) in [7, 11) is 1.60. The number of ether oxygens (including phenoxy) is 1. The third-order valence-corrected chi connectivity index (χ3v) is 2.57. The van der Waals surface area contributed by atoms with Crippen LogP contribution in [0.1, 0.15) is 25.1 Å². The van der Waals surface area contributed by atoms with Crippen LogP contribution in [-0.2, 0) is 5.60 Å². The zero-order chi connectivity index (χ0) is 10.9. The second-order valence-electron chi connectivity index (χ2n) is 3.67. The van der Waals surface area contributed by atoms with Crippen molar-refractivity contribution < 1.29 is 9.84 Å². The van der Waals surface area contributed by atoms with Crippen molar-refractivity contribution in [2.24, 2.45) is 0 Å². The maximum absolute atomic E-state index is 9.85. The monoisotopic (exact) mass is 259 g/mol. The molecule has 0 radical (unpaired) electrons. The summed E-state index contributed by atoms with van der Waals surface area (Å²) in [5.41, 5.74) is 0.546. The van der Waals surface area contributed by atoms with Gasteiger partial charge in [0.15, 0.2) is 0 Å². The number of aromatic nitrogens is 1. The van der Waals surface area contributed by atoms with E-state index >= 15 is 0 Å². The van der Waals surface area contributed by atoms with Crippen LogP contribution in [-0.4, -0.2) is 17.2 Å². The van der Waals surface area contributed by atoms with Gasteiger partial charge >= 0.3 is 0 Å². The zero-order valence-corrected chi connectivity index (χ0v) is 10.3. The quantitative estimate of drug-likeness (QED) is 0.887. The highest BCUT2D eigenvalue weighted by Crippen LogP contribution is 2.33. The van der Waals surface area contributed by atoms with Gasteiger partial charge in [0.2, 0.25) is 0 Å². The summed E-state index contributed by atoms with van der Waals surface area (Å²) in [5.74, 6) is 0.720. The van der Waals surface area contributed by atoms with Gasteiger partial charge in [-0.3, -0.25) is 4.98 Å². The van der Waals surface area contributed by atoms with Crippen molar-refractivity contribution in [3.8, 4) is 5.75 Å². The Morgan fingerprint density at radius 3 is 2.50 bits per heavy atom. The van der Waals surface area contributed by atoms with E-state index in [1.807, 2.05) is 6.92 Å². The minimum atomic E-state index is -0.946. The highest BCUT2D eigenvalue weighted by atomic mass is 79.9. The maximum Gasteiger partial charge on any atom is 0.139 e. The first-order valence-electron chi connectivity index (χ1n) is 4.30. The molecule has 0 atom stereocenters. The van der Waals surface area contributed by atoms with Crippen LogP contribution in [0.5, 0.6) is 5.75 Å². The number of hydrogen-bond donors (Lipinski definition) is 1. The lowest BCUT2D eigenvalue weighted by atomic mass is 10.00. The number of nitrogens with zero attached hydrogens (tertiary/aromatic N) is 1. The average molecular weight is 260 g/mol. The van der Waals surface area contributed by atoms with Crippen LogP contribution in [0, 0.1) is 6.92 Å². The molecule has 78 valence electrons. The Morgan fingerprint density at radius 2 is 2.07 bits per heavy atom. The lowest BCUT2D eigenvalue weighted by Gasteiger charge is -2.20. The van der Waals surface area contributed by atoms with Gasteiger partial charge in [-0.15, -0.1) is 0 Å². The second-order valence-corrected chi connectivity index (χ2v) is 4.53. The van der Waals surface area contributed by atoms with Gasteiger partial charge in [-0.1, -0.05) is 0 Å². The van der Waals surface area contributed by atoms with Crippen LogP contribution in [0.15, 0.2) is 10.7 Å². The van der Waals surface area contributed by atoms with Crippen molar-refractivity contribution in [2.75, 3.05) is 7.11 Å². The Labute approximate surface area is 92.3 Å². The molecule has 3 nitrogen and oxygen atoms in total. The molecule has 0 aliphatic carbocycles. The van der Waals surface area contributed by atoms with Gasteiger partial charge in [0.25, 0.3) is 0 Å². The fraction of sp³-hybridized carbons (Fsp3) is 0.500. The average Bonchev–Trinajstić information content (AvgIpc) is 2.02. The lowest BCUT2D eigenvalue weighted by molar-refractivity contribution is 0.0727. The summed E-state index contributed by atoms with van der Waals surface area (Å²) >= 11 is 3.34. The van der Waals surface area contributed by atoms with Crippen molar-refractivity contribution in [1.82, 2.24) is 4.98 Å². The van der Waals surface area contributed by atoms with E-state index in [9.17, 15) is 5.11 Å². The predicted molar refractivity (Wildman–Crippen MR) is 58.5 cm³/mol. The Kier molecular flexibility index (Phi) is 3.17. The smallest absolute Gasteiger partial charge is 0.139 e. The summed E-state index contributed by atoms with van der Waals surface area (Å²) in [4.78, 5) is 4.18. The normalized spacial score (nSPS) is 11.6. The molecule has 14 heavy (non-hydrogen) atoms. The maximum atomic E-state index is 9.85. The molecule has 0 aliphatic rings.